The number of hydrogen-bond acceptors (Lipinski definition) is 2. The zero-order chi connectivity index (χ0) is 10.6. The lowest BCUT2D eigenvalue weighted by Gasteiger charge is -2.04. The van der Waals surface area contributed by atoms with Gasteiger partial charge in [-0.25, -0.2) is 4.79 Å². The van der Waals surface area contributed by atoms with Crippen molar-refractivity contribution < 1.29 is 9.90 Å². The number of amides is 1. The number of hydrogen-bond donors (Lipinski definition) is 2. The Labute approximate surface area is 90.5 Å². The van der Waals surface area contributed by atoms with E-state index in [1.165, 1.54) is 0 Å². The van der Waals surface area contributed by atoms with E-state index in [1.807, 2.05) is 19.1 Å². The Balaban J connectivity index is 2.76. The van der Waals surface area contributed by atoms with Crippen LogP contribution in [0, 0.1) is 6.92 Å². The number of pyridine rings is 1. The summed E-state index contributed by atoms with van der Waals surface area (Å²) in [6, 6.07) is 3.83. The Hall–Kier alpha value is -1.10. The largest absolute Gasteiger partial charge is 0.465 e. The highest BCUT2D eigenvalue weighted by molar-refractivity contribution is 9.08. The van der Waals surface area contributed by atoms with Crippen LogP contribution in [0.5, 0.6) is 0 Å². The van der Waals surface area contributed by atoms with Crippen molar-refractivity contribution >= 4 is 22.0 Å². The third-order valence-corrected chi connectivity index (χ3v) is 2.29. The van der Waals surface area contributed by atoms with Gasteiger partial charge < -0.3 is 10.4 Å². The average molecular weight is 259 g/mol. The highest BCUT2D eigenvalue weighted by Crippen LogP contribution is 2.09. The molecule has 4 nitrogen and oxygen atoms in total. The van der Waals surface area contributed by atoms with Gasteiger partial charge in [0.25, 0.3) is 0 Å². The van der Waals surface area contributed by atoms with E-state index in [9.17, 15) is 4.79 Å². The topological polar surface area (TPSA) is 62.2 Å². The second-order valence-corrected chi connectivity index (χ2v) is 3.46. The summed E-state index contributed by atoms with van der Waals surface area (Å²) in [7, 11) is 0. The summed E-state index contributed by atoms with van der Waals surface area (Å²) < 4.78 is 0. The maximum absolute atomic E-state index is 10.3. The number of aromatic nitrogens is 1. The van der Waals surface area contributed by atoms with Gasteiger partial charge in [-0.2, -0.15) is 0 Å². The lowest BCUT2D eigenvalue weighted by molar-refractivity contribution is 0.194. The molecule has 0 aliphatic heterocycles. The highest BCUT2D eigenvalue weighted by Gasteiger charge is 2.01. The van der Waals surface area contributed by atoms with Gasteiger partial charge in [0.05, 0.1) is 12.2 Å². The molecule has 0 radical (unpaired) electrons. The van der Waals surface area contributed by atoms with E-state index >= 15 is 0 Å². The van der Waals surface area contributed by atoms with Gasteiger partial charge in [0.1, 0.15) is 0 Å². The number of carboxylic acid groups (broad SMARTS) is 1. The van der Waals surface area contributed by atoms with E-state index < -0.39 is 6.09 Å². The van der Waals surface area contributed by atoms with Crippen molar-refractivity contribution in [3.63, 3.8) is 0 Å². The average Bonchev–Trinajstić information content (AvgIpc) is 2.14. The zero-order valence-corrected chi connectivity index (χ0v) is 9.34. The lowest BCUT2D eigenvalue weighted by atomic mass is 10.2. The van der Waals surface area contributed by atoms with Crippen LogP contribution in [0.4, 0.5) is 4.79 Å². The zero-order valence-electron chi connectivity index (χ0n) is 7.75. The molecule has 1 aromatic heterocycles. The summed E-state index contributed by atoms with van der Waals surface area (Å²) in [5.41, 5.74) is 2.73. The second-order valence-electron chi connectivity index (χ2n) is 2.90. The van der Waals surface area contributed by atoms with Crippen molar-refractivity contribution in [3.8, 4) is 0 Å². The summed E-state index contributed by atoms with van der Waals surface area (Å²) in [5.74, 6) is 0. The molecule has 1 rings (SSSR count). The minimum absolute atomic E-state index is 0.247. The summed E-state index contributed by atoms with van der Waals surface area (Å²) >= 11 is 3.34. The van der Waals surface area contributed by atoms with Crippen molar-refractivity contribution in [2.45, 2.75) is 18.8 Å². The lowest BCUT2D eigenvalue weighted by Crippen LogP contribution is -2.20. The van der Waals surface area contributed by atoms with Gasteiger partial charge in [-0.3, -0.25) is 4.98 Å². The Bertz CT molecular complexity index is 342. The fourth-order valence-electron chi connectivity index (χ4n) is 1.15. The molecule has 1 aromatic rings. The minimum Gasteiger partial charge on any atom is -0.465 e. The van der Waals surface area contributed by atoms with Gasteiger partial charge in [-0.05, 0) is 24.6 Å². The van der Waals surface area contributed by atoms with Crippen LogP contribution >= 0.6 is 15.9 Å². The molecule has 76 valence electrons. The van der Waals surface area contributed by atoms with E-state index in [2.05, 4.69) is 26.2 Å². The number of alkyl halides is 1. The highest BCUT2D eigenvalue weighted by atomic mass is 79.9. The molecule has 2 N–H and O–H groups in total. The number of nitrogens with one attached hydrogen (secondary N) is 1. The van der Waals surface area contributed by atoms with Gasteiger partial charge in [-0.1, -0.05) is 15.9 Å². The van der Waals surface area contributed by atoms with Gasteiger partial charge in [0.2, 0.25) is 0 Å². The first kappa shape index (κ1) is 11.0. The number of rotatable bonds is 3. The summed E-state index contributed by atoms with van der Waals surface area (Å²) in [4.78, 5) is 14.5. The van der Waals surface area contributed by atoms with Gasteiger partial charge in [0, 0.05) is 11.0 Å². The molecule has 0 saturated heterocycles. The molecule has 5 heteroatoms. The first-order valence-electron chi connectivity index (χ1n) is 4.11. The van der Waals surface area contributed by atoms with Crippen LogP contribution in [0.15, 0.2) is 12.1 Å². The number of carbonyl (C=O) groups is 1. The molecule has 1 amide bonds. The van der Waals surface area contributed by atoms with Crippen molar-refractivity contribution in [2.24, 2.45) is 0 Å². The predicted octanol–water partition coefficient (Wildman–Crippen LogP) is 2.05. The van der Waals surface area contributed by atoms with Gasteiger partial charge in [-0.15, -0.1) is 0 Å². The third kappa shape index (κ3) is 3.33. The third-order valence-electron chi connectivity index (χ3n) is 1.64. The van der Waals surface area contributed by atoms with Crippen LogP contribution < -0.4 is 5.32 Å². The first-order valence-corrected chi connectivity index (χ1v) is 5.23. The van der Waals surface area contributed by atoms with E-state index in [4.69, 9.17) is 5.11 Å². The van der Waals surface area contributed by atoms with Crippen molar-refractivity contribution in [1.82, 2.24) is 10.3 Å². The molecular formula is C9H11BrN2O2. The van der Waals surface area contributed by atoms with Crippen LogP contribution in [0.2, 0.25) is 0 Å². The molecule has 0 atom stereocenters. The molecule has 14 heavy (non-hydrogen) atoms. The molecule has 0 spiro atoms. The van der Waals surface area contributed by atoms with Crippen LogP contribution in [0.3, 0.4) is 0 Å². The Kier molecular flexibility index (Phi) is 3.88. The van der Waals surface area contributed by atoms with Crippen LogP contribution in [-0.2, 0) is 11.9 Å². The Morgan fingerprint density at radius 2 is 2.36 bits per heavy atom. The Morgan fingerprint density at radius 3 is 2.93 bits per heavy atom. The molecule has 0 unspecified atom stereocenters. The molecule has 0 aromatic carbocycles. The van der Waals surface area contributed by atoms with Gasteiger partial charge in [0.15, 0.2) is 0 Å². The molecule has 0 saturated carbocycles. The van der Waals surface area contributed by atoms with E-state index in [0.717, 1.165) is 22.3 Å². The van der Waals surface area contributed by atoms with E-state index in [1.54, 1.807) is 0 Å². The molecule has 1 heterocycles. The second kappa shape index (κ2) is 4.95. The normalized spacial score (nSPS) is 9.86. The number of aryl methyl sites for hydroxylation is 1. The molecule has 0 fully saturated rings. The standard InChI is InChI=1S/C9H11BrN2O2/c1-6-2-7(4-10)3-8(12-6)5-11-9(13)14/h2-3,11H,4-5H2,1H3,(H,13,14). The van der Waals surface area contributed by atoms with Crippen molar-refractivity contribution in [2.75, 3.05) is 0 Å². The first-order chi connectivity index (χ1) is 6.61. The fourth-order valence-corrected chi connectivity index (χ4v) is 1.47. The molecule has 0 aliphatic carbocycles. The SMILES string of the molecule is Cc1cc(CBr)cc(CNC(=O)O)n1. The number of nitrogens with zero attached hydrogens (tertiary/aromatic N) is 1. The fraction of sp³-hybridized carbons (Fsp3) is 0.333. The summed E-state index contributed by atoms with van der Waals surface area (Å²) in [6.45, 7) is 2.13. The Morgan fingerprint density at radius 1 is 1.64 bits per heavy atom. The molecule has 0 bridgehead atoms. The monoisotopic (exact) mass is 258 g/mol. The van der Waals surface area contributed by atoms with Crippen LogP contribution in [0.25, 0.3) is 0 Å². The predicted molar refractivity (Wildman–Crippen MR) is 56.5 cm³/mol. The summed E-state index contributed by atoms with van der Waals surface area (Å²) in [5, 5.41) is 11.4. The quantitative estimate of drug-likeness (QED) is 0.816. The van der Waals surface area contributed by atoms with Gasteiger partial charge >= 0.3 is 6.09 Å². The van der Waals surface area contributed by atoms with Crippen LogP contribution in [-0.4, -0.2) is 16.2 Å². The van der Waals surface area contributed by atoms with Crippen molar-refractivity contribution in [3.05, 3.63) is 29.1 Å². The van der Waals surface area contributed by atoms with Crippen molar-refractivity contribution in [1.29, 1.82) is 0 Å². The van der Waals surface area contributed by atoms with Crippen LogP contribution in [0.1, 0.15) is 17.0 Å². The number of halogens is 1. The van der Waals surface area contributed by atoms with E-state index in [0.29, 0.717) is 0 Å². The summed E-state index contributed by atoms with van der Waals surface area (Å²) in [6.07, 6.45) is -1.03. The maximum Gasteiger partial charge on any atom is 0.404 e. The smallest absolute Gasteiger partial charge is 0.404 e. The maximum atomic E-state index is 10.3. The molecule has 0 aliphatic rings. The van der Waals surface area contributed by atoms with E-state index in [-0.39, 0.29) is 6.54 Å². The minimum atomic E-state index is -1.03. The molecular weight excluding hydrogens is 248 g/mol.